The minimum atomic E-state index is 0. The molecule has 0 aromatic heterocycles. The number of hydrogen-bond donors (Lipinski definition) is 0. The summed E-state index contributed by atoms with van der Waals surface area (Å²) in [7, 11) is 0. The van der Waals surface area contributed by atoms with Crippen molar-refractivity contribution >= 4 is 0 Å². The topological polar surface area (TPSA) is 33.5 Å². The molecule has 4 heavy (non-hydrogen) atoms. The zero-order valence-corrected chi connectivity index (χ0v) is 5.70. The van der Waals surface area contributed by atoms with Crippen LogP contribution in [0, 0.1) is 7.43 Å². The Morgan fingerprint density at radius 2 is 1.00 bits per heavy atom. The Labute approximate surface area is 71.2 Å². The van der Waals surface area contributed by atoms with Gasteiger partial charge in [-0.25, -0.2) is 0 Å². The fourth-order valence-electron chi connectivity index (χ4n) is 0. The molecule has 0 unspecified atom stereocenters. The van der Waals surface area contributed by atoms with Crippen LogP contribution in [0.2, 0.25) is 0 Å². The van der Waals surface area contributed by atoms with Gasteiger partial charge in [-0.1, -0.05) is 7.43 Å². The van der Waals surface area contributed by atoms with Crippen molar-refractivity contribution in [3.63, 3.8) is 0 Å². The van der Waals surface area contributed by atoms with Crippen molar-refractivity contribution in [3.05, 3.63) is 13.6 Å². The molecule has 0 saturated carbocycles. The van der Waals surface area contributed by atoms with Crippen molar-refractivity contribution in [2.75, 3.05) is 0 Å². The van der Waals surface area contributed by atoms with Gasteiger partial charge in [0.2, 0.25) is 0 Å². The monoisotopic (exact) mass is 86.0 g/mol. The fourth-order valence-corrected chi connectivity index (χ4v) is 0. The van der Waals surface area contributed by atoms with E-state index in [9.17, 15) is 0 Å². The molecule has 0 aromatic rings. The summed E-state index contributed by atoms with van der Waals surface area (Å²) in [5.41, 5.74) is 0. The van der Waals surface area contributed by atoms with Crippen LogP contribution >= 0.6 is 0 Å². The van der Waals surface area contributed by atoms with E-state index >= 15 is 0 Å². The molecule has 0 atom stereocenters. The van der Waals surface area contributed by atoms with Crippen molar-refractivity contribution in [1.29, 1.82) is 0 Å². The minimum absolute atomic E-state index is 0. The van der Waals surface area contributed by atoms with Gasteiger partial charge in [-0.2, -0.15) is 0 Å². The summed E-state index contributed by atoms with van der Waals surface area (Å²) in [6, 6.07) is 0. The second-order valence-corrected chi connectivity index (χ2v) is 0. The zero-order valence-electron chi connectivity index (χ0n) is 2.58. The third-order valence-electron chi connectivity index (χ3n) is 0. The third-order valence-corrected chi connectivity index (χ3v) is 0. The van der Waals surface area contributed by atoms with Crippen molar-refractivity contribution < 1.29 is 51.4 Å². The van der Waals surface area contributed by atoms with Crippen molar-refractivity contribution in [1.82, 2.24) is 0 Å². The van der Waals surface area contributed by atoms with Gasteiger partial charge in [0.05, 0.1) is 0 Å². The Morgan fingerprint density at radius 3 is 1.00 bits per heavy atom. The Balaban J connectivity index is 0. The molecule has 1 nitrogen and oxygen atoms in total. The van der Waals surface area contributed by atoms with E-state index < -0.39 is 0 Å². The van der Waals surface area contributed by atoms with Crippen LogP contribution in [0.4, 0.5) is 0 Å². The van der Waals surface area contributed by atoms with Gasteiger partial charge in [0, 0.05) is 0 Å². The molecule has 0 aliphatic rings. The van der Waals surface area contributed by atoms with Crippen LogP contribution in [-0.4, -0.2) is 0 Å². The number of rotatable bonds is 0. The zero-order chi connectivity index (χ0) is 0. The molecule has 2 heteroatoms. The molecule has 0 saturated heterocycles. The summed E-state index contributed by atoms with van der Waals surface area (Å²) < 4.78 is 0. The standard InChI is InChI=1S/CH4.CH3.K.H2N/h1H4;1H3;;1H2/q;-1;+1;-1. The second-order valence-electron chi connectivity index (χ2n) is 0. The maximum Gasteiger partial charge on any atom is 1.00 e. The van der Waals surface area contributed by atoms with E-state index in [2.05, 4.69) is 0 Å². The number of nitrogens with two attached hydrogens (primary N) is 1. The van der Waals surface area contributed by atoms with Crippen LogP contribution in [0.3, 0.4) is 0 Å². The molecule has 0 rings (SSSR count). The van der Waals surface area contributed by atoms with Crippen molar-refractivity contribution in [2.24, 2.45) is 0 Å². The summed E-state index contributed by atoms with van der Waals surface area (Å²) in [5.74, 6) is 0. The van der Waals surface area contributed by atoms with Gasteiger partial charge < -0.3 is 13.6 Å². The maximum atomic E-state index is 0. The molecule has 0 radical (unpaired) electrons. The van der Waals surface area contributed by atoms with Crippen molar-refractivity contribution in [2.45, 2.75) is 7.43 Å². The van der Waals surface area contributed by atoms with Crippen LogP contribution in [0.1, 0.15) is 7.43 Å². The van der Waals surface area contributed by atoms with E-state index in [1.54, 1.807) is 0 Å². The predicted octanol–water partition coefficient (Wildman–Crippen LogP) is -1.19. The van der Waals surface area contributed by atoms with E-state index in [-0.39, 0.29) is 72.4 Å². The van der Waals surface area contributed by atoms with Gasteiger partial charge in [0.1, 0.15) is 0 Å². The average Bonchev–Trinajstić information content (AvgIpc) is 0. The van der Waals surface area contributed by atoms with E-state index in [0.717, 1.165) is 0 Å². The first-order valence-electron chi connectivity index (χ1n) is 0. The van der Waals surface area contributed by atoms with Crippen LogP contribution in [0.15, 0.2) is 0 Å². The smallest absolute Gasteiger partial charge is 0.693 e. The summed E-state index contributed by atoms with van der Waals surface area (Å²) in [5, 5.41) is 0. The van der Waals surface area contributed by atoms with Crippen LogP contribution in [-0.2, 0) is 0 Å². The maximum absolute atomic E-state index is 0. The second kappa shape index (κ2) is 23.3. The van der Waals surface area contributed by atoms with Gasteiger partial charge in [-0.3, -0.25) is 0 Å². The quantitative estimate of drug-likeness (QED) is 0.262. The summed E-state index contributed by atoms with van der Waals surface area (Å²) in [6.45, 7) is 0. The van der Waals surface area contributed by atoms with E-state index in [1.165, 1.54) is 0 Å². The predicted molar refractivity (Wildman–Crippen MR) is 18.4 cm³/mol. The first-order chi connectivity index (χ1) is 0. The van der Waals surface area contributed by atoms with Gasteiger partial charge in [-0.15, -0.1) is 0 Å². The molecule has 0 amide bonds. The Kier molecular flexibility index (Phi) is 271. The van der Waals surface area contributed by atoms with E-state index in [1.807, 2.05) is 0 Å². The normalized spacial score (nSPS) is 0. The fraction of sp³-hybridized carbons (Fsp3) is 0.500. The molecule has 24 valence electrons. The first-order valence-corrected chi connectivity index (χ1v) is 0. The van der Waals surface area contributed by atoms with E-state index in [0.29, 0.717) is 0 Å². The van der Waals surface area contributed by atoms with Gasteiger partial charge in [0.15, 0.2) is 0 Å². The Morgan fingerprint density at radius 1 is 1.00 bits per heavy atom. The molecule has 0 spiro atoms. The molecular weight excluding hydrogens is 77.1 g/mol. The Hall–Kier alpha value is 1.60. The molecule has 2 N–H and O–H groups in total. The minimum Gasteiger partial charge on any atom is -0.693 e. The Bertz CT molecular complexity index is 6.00. The molecule has 0 fully saturated rings. The molecule has 0 aliphatic carbocycles. The van der Waals surface area contributed by atoms with Crippen molar-refractivity contribution in [3.8, 4) is 0 Å². The molecule has 0 bridgehead atoms. The van der Waals surface area contributed by atoms with E-state index in [4.69, 9.17) is 0 Å². The molecular formula is C2H9KN-. The summed E-state index contributed by atoms with van der Waals surface area (Å²) in [6.07, 6.45) is 0. The van der Waals surface area contributed by atoms with Crippen LogP contribution in [0.5, 0.6) is 0 Å². The van der Waals surface area contributed by atoms with Gasteiger partial charge in [-0.05, 0) is 0 Å². The van der Waals surface area contributed by atoms with Gasteiger partial charge >= 0.3 is 51.4 Å². The largest absolute Gasteiger partial charge is 1.00 e. The van der Waals surface area contributed by atoms with Gasteiger partial charge in [0.25, 0.3) is 0 Å². The third kappa shape index (κ3) is 9.51. The SMILES string of the molecule is C.[CH3-].[K+].[NH2-]. The molecule has 0 aromatic carbocycles. The average molecular weight is 86.2 g/mol. The molecule has 0 heterocycles. The van der Waals surface area contributed by atoms with Crippen LogP contribution in [0.25, 0.3) is 6.15 Å². The summed E-state index contributed by atoms with van der Waals surface area (Å²) in [4.78, 5) is 0. The first kappa shape index (κ1) is 46.4. The number of hydrogen-bond acceptors (Lipinski definition) is 0. The summed E-state index contributed by atoms with van der Waals surface area (Å²) >= 11 is 0. The molecule has 0 aliphatic heterocycles. The van der Waals surface area contributed by atoms with Crippen LogP contribution < -0.4 is 51.4 Å².